The molecule has 2 aromatic rings. The van der Waals surface area contributed by atoms with Gasteiger partial charge in [-0.1, -0.05) is 6.07 Å². The van der Waals surface area contributed by atoms with E-state index in [0.717, 1.165) is 11.8 Å². The number of aryl methyl sites for hydroxylation is 1. The normalized spacial score (nSPS) is 13.3. The second-order valence-corrected chi connectivity index (χ2v) is 7.21. The highest BCUT2D eigenvalue weighted by molar-refractivity contribution is 7.89. The van der Waals surface area contributed by atoms with E-state index in [9.17, 15) is 12.8 Å². The number of hydrogen-bond donors (Lipinski definition) is 2. The maximum Gasteiger partial charge on any atom is 0.244 e. The van der Waals surface area contributed by atoms with E-state index < -0.39 is 21.9 Å². The summed E-state index contributed by atoms with van der Waals surface area (Å²) in [5.41, 5.74) is 6.75. The zero-order valence-corrected chi connectivity index (χ0v) is 13.3. The number of aromatic nitrogens is 1. The van der Waals surface area contributed by atoms with E-state index >= 15 is 0 Å². The molecule has 0 radical (unpaired) electrons. The Morgan fingerprint density at radius 2 is 2.19 bits per heavy atom. The van der Waals surface area contributed by atoms with Crippen LogP contribution in [0.3, 0.4) is 0 Å². The number of rotatable bonds is 5. The lowest BCUT2D eigenvalue weighted by Gasteiger charge is -2.13. The molecule has 0 aliphatic rings. The first-order valence-electron chi connectivity index (χ1n) is 6.26. The molecule has 0 aliphatic heterocycles. The molecule has 5 nitrogen and oxygen atoms in total. The number of nitrogens with zero attached hydrogens (tertiary/aromatic N) is 1. The summed E-state index contributed by atoms with van der Waals surface area (Å²) in [6.07, 6.45) is 0. The molecule has 0 saturated heterocycles. The first-order chi connectivity index (χ1) is 9.83. The molecule has 0 aliphatic carbocycles. The molecule has 2 rings (SSSR count). The smallest absolute Gasteiger partial charge is 0.244 e. The van der Waals surface area contributed by atoms with E-state index in [1.165, 1.54) is 23.5 Å². The second kappa shape index (κ2) is 6.18. The standard InChI is InChI=1S/C13H16FN3O2S2/c1-8-7-20-13(16-8)9(2)17-21(18,19)12-4-3-10(6-15)5-11(12)14/h3-5,7,9,17H,6,15H2,1-2H3. The molecule has 0 spiro atoms. The minimum absolute atomic E-state index is 0.152. The van der Waals surface area contributed by atoms with Gasteiger partial charge in [0.25, 0.3) is 0 Å². The van der Waals surface area contributed by atoms with Gasteiger partial charge in [0.1, 0.15) is 15.7 Å². The van der Waals surface area contributed by atoms with Crippen LogP contribution in [0.4, 0.5) is 4.39 Å². The number of hydrogen-bond acceptors (Lipinski definition) is 5. The predicted octanol–water partition coefficient (Wildman–Crippen LogP) is 2.09. The van der Waals surface area contributed by atoms with E-state index in [2.05, 4.69) is 9.71 Å². The fourth-order valence-electron chi connectivity index (χ4n) is 1.81. The van der Waals surface area contributed by atoms with Crippen LogP contribution in [0.25, 0.3) is 0 Å². The molecule has 1 heterocycles. The van der Waals surface area contributed by atoms with Crippen molar-refractivity contribution in [3.63, 3.8) is 0 Å². The summed E-state index contributed by atoms with van der Waals surface area (Å²) >= 11 is 1.36. The van der Waals surface area contributed by atoms with E-state index in [1.807, 2.05) is 12.3 Å². The summed E-state index contributed by atoms with van der Waals surface area (Å²) in [6.45, 7) is 3.65. The van der Waals surface area contributed by atoms with Crippen LogP contribution in [0.1, 0.15) is 29.2 Å². The van der Waals surface area contributed by atoms with Gasteiger partial charge in [0.15, 0.2) is 0 Å². The van der Waals surface area contributed by atoms with E-state index in [4.69, 9.17) is 5.73 Å². The van der Waals surface area contributed by atoms with Gasteiger partial charge >= 0.3 is 0 Å². The van der Waals surface area contributed by atoms with Gasteiger partial charge in [-0.2, -0.15) is 0 Å². The van der Waals surface area contributed by atoms with Gasteiger partial charge in [-0.3, -0.25) is 0 Å². The third-order valence-corrected chi connectivity index (χ3v) is 5.58. The number of halogens is 1. The molecule has 114 valence electrons. The van der Waals surface area contributed by atoms with Gasteiger partial charge in [-0.05, 0) is 31.5 Å². The van der Waals surface area contributed by atoms with Crippen molar-refractivity contribution in [3.05, 3.63) is 45.7 Å². The number of benzene rings is 1. The van der Waals surface area contributed by atoms with Crippen LogP contribution >= 0.6 is 11.3 Å². The Kier molecular flexibility index (Phi) is 4.72. The molecule has 1 unspecified atom stereocenters. The quantitative estimate of drug-likeness (QED) is 0.879. The Bertz CT molecular complexity index is 744. The van der Waals surface area contributed by atoms with Crippen LogP contribution in [-0.2, 0) is 16.6 Å². The van der Waals surface area contributed by atoms with Crippen LogP contribution < -0.4 is 10.5 Å². The Balaban J connectivity index is 2.26. The molecule has 0 fully saturated rings. The summed E-state index contributed by atoms with van der Waals surface area (Å²) in [6, 6.07) is 3.32. The first kappa shape index (κ1) is 16.0. The molecule has 1 aromatic heterocycles. The molecule has 1 aromatic carbocycles. The third-order valence-electron chi connectivity index (χ3n) is 2.86. The monoisotopic (exact) mass is 329 g/mol. The summed E-state index contributed by atoms with van der Waals surface area (Å²) < 4.78 is 40.8. The fraction of sp³-hybridized carbons (Fsp3) is 0.308. The van der Waals surface area contributed by atoms with Gasteiger partial charge in [0, 0.05) is 17.6 Å². The summed E-state index contributed by atoms with van der Waals surface area (Å²) in [7, 11) is -3.95. The zero-order valence-electron chi connectivity index (χ0n) is 11.6. The van der Waals surface area contributed by atoms with Crippen molar-refractivity contribution in [2.24, 2.45) is 5.73 Å². The Morgan fingerprint density at radius 3 is 2.71 bits per heavy atom. The van der Waals surface area contributed by atoms with E-state index in [1.54, 1.807) is 6.92 Å². The van der Waals surface area contributed by atoms with Crippen LogP contribution in [0.15, 0.2) is 28.5 Å². The first-order valence-corrected chi connectivity index (χ1v) is 8.62. The van der Waals surface area contributed by atoms with Crippen LogP contribution in [-0.4, -0.2) is 13.4 Å². The highest BCUT2D eigenvalue weighted by Gasteiger charge is 2.23. The maximum atomic E-state index is 13.9. The second-order valence-electron chi connectivity index (χ2n) is 4.64. The summed E-state index contributed by atoms with van der Waals surface area (Å²) in [5, 5.41) is 2.46. The van der Waals surface area contributed by atoms with Gasteiger partial charge in [-0.25, -0.2) is 22.5 Å². The SMILES string of the molecule is Cc1csc(C(C)NS(=O)(=O)c2ccc(CN)cc2F)n1. The zero-order chi connectivity index (χ0) is 15.6. The van der Waals surface area contributed by atoms with Gasteiger partial charge < -0.3 is 5.73 Å². The minimum Gasteiger partial charge on any atom is -0.326 e. The van der Waals surface area contributed by atoms with Crippen molar-refractivity contribution >= 4 is 21.4 Å². The van der Waals surface area contributed by atoms with Crippen LogP contribution in [0.2, 0.25) is 0 Å². The van der Waals surface area contributed by atoms with Gasteiger partial charge in [0.05, 0.1) is 6.04 Å². The predicted molar refractivity (Wildman–Crippen MR) is 79.9 cm³/mol. The highest BCUT2D eigenvalue weighted by Crippen LogP contribution is 2.22. The third kappa shape index (κ3) is 3.65. The van der Waals surface area contributed by atoms with Crippen LogP contribution in [0.5, 0.6) is 0 Å². The largest absolute Gasteiger partial charge is 0.326 e. The molecule has 3 N–H and O–H groups in total. The lowest BCUT2D eigenvalue weighted by Crippen LogP contribution is -2.27. The minimum atomic E-state index is -3.95. The van der Waals surface area contributed by atoms with Crippen molar-refractivity contribution in [1.82, 2.24) is 9.71 Å². The Labute approximate surface area is 127 Å². The Hall–Kier alpha value is -1.35. The number of nitrogens with one attached hydrogen (secondary N) is 1. The van der Waals surface area contributed by atoms with E-state index in [0.29, 0.717) is 10.6 Å². The molecular formula is C13H16FN3O2S2. The molecule has 0 saturated carbocycles. The average Bonchev–Trinajstić information content (AvgIpc) is 2.84. The maximum absolute atomic E-state index is 13.9. The molecule has 0 amide bonds. The summed E-state index contributed by atoms with van der Waals surface area (Å²) in [4.78, 5) is 3.83. The number of sulfonamides is 1. The molecule has 21 heavy (non-hydrogen) atoms. The van der Waals surface area contributed by atoms with Crippen molar-refractivity contribution in [1.29, 1.82) is 0 Å². The fourth-order valence-corrected chi connectivity index (χ4v) is 3.95. The number of thiazole rings is 1. The summed E-state index contributed by atoms with van der Waals surface area (Å²) in [5.74, 6) is -0.812. The van der Waals surface area contributed by atoms with Crippen molar-refractivity contribution in [2.75, 3.05) is 0 Å². The van der Waals surface area contributed by atoms with Crippen molar-refractivity contribution < 1.29 is 12.8 Å². The number of nitrogens with two attached hydrogens (primary N) is 1. The molecule has 1 atom stereocenters. The van der Waals surface area contributed by atoms with E-state index in [-0.39, 0.29) is 11.4 Å². The van der Waals surface area contributed by atoms with Crippen LogP contribution in [0, 0.1) is 12.7 Å². The molecular weight excluding hydrogens is 313 g/mol. The topological polar surface area (TPSA) is 85.1 Å². The Morgan fingerprint density at radius 1 is 1.48 bits per heavy atom. The van der Waals surface area contributed by atoms with Crippen molar-refractivity contribution in [3.8, 4) is 0 Å². The lowest BCUT2D eigenvalue weighted by atomic mass is 10.2. The van der Waals surface area contributed by atoms with Gasteiger partial charge in [-0.15, -0.1) is 11.3 Å². The highest BCUT2D eigenvalue weighted by atomic mass is 32.2. The lowest BCUT2D eigenvalue weighted by molar-refractivity contribution is 0.545. The van der Waals surface area contributed by atoms with Crippen molar-refractivity contribution in [2.45, 2.75) is 31.3 Å². The average molecular weight is 329 g/mol. The van der Waals surface area contributed by atoms with Gasteiger partial charge in [0.2, 0.25) is 10.0 Å². The molecule has 0 bridgehead atoms. The molecule has 8 heteroatoms.